The molecule has 0 saturated heterocycles. The third kappa shape index (κ3) is 3.97. The Balaban J connectivity index is 2.02. The van der Waals surface area contributed by atoms with Gasteiger partial charge < -0.3 is 5.32 Å². The van der Waals surface area contributed by atoms with E-state index in [1.165, 1.54) is 17.7 Å². The SMILES string of the molecule is CC(C)c1ccc(CNc2cc(F)cc(Cl)c2)cc1. The van der Waals surface area contributed by atoms with E-state index in [9.17, 15) is 4.39 Å². The lowest BCUT2D eigenvalue weighted by Gasteiger charge is -2.09. The van der Waals surface area contributed by atoms with Crippen LogP contribution in [0.4, 0.5) is 10.1 Å². The van der Waals surface area contributed by atoms with E-state index in [0.29, 0.717) is 23.2 Å². The number of benzene rings is 2. The maximum absolute atomic E-state index is 13.2. The standard InChI is InChI=1S/C16H17ClFN/c1-11(2)13-5-3-12(4-6-13)10-19-16-8-14(17)7-15(18)9-16/h3-9,11,19H,10H2,1-2H3. The third-order valence-corrected chi connectivity index (χ3v) is 3.22. The average molecular weight is 278 g/mol. The first-order chi connectivity index (χ1) is 9.04. The quantitative estimate of drug-likeness (QED) is 0.808. The molecule has 0 aromatic heterocycles. The largest absolute Gasteiger partial charge is 0.381 e. The lowest BCUT2D eigenvalue weighted by Crippen LogP contribution is -2.00. The number of anilines is 1. The highest BCUT2D eigenvalue weighted by atomic mass is 35.5. The molecule has 0 atom stereocenters. The van der Waals surface area contributed by atoms with Crippen LogP contribution in [0.2, 0.25) is 5.02 Å². The van der Waals surface area contributed by atoms with Gasteiger partial charge in [-0.1, -0.05) is 49.7 Å². The molecule has 0 heterocycles. The van der Waals surface area contributed by atoms with Crippen LogP contribution in [-0.4, -0.2) is 0 Å². The second-order valence-corrected chi connectivity index (χ2v) is 5.34. The number of hydrogen-bond donors (Lipinski definition) is 1. The number of hydrogen-bond acceptors (Lipinski definition) is 1. The summed E-state index contributed by atoms with van der Waals surface area (Å²) in [5.74, 6) is 0.203. The third-order valence-electron chi connectivity index (χ3n) is 3.01. The molecule has 0 radical (unpaired) electrons. The van der Waals surface area contributed by atoms with E-state index < -0.39 is 0 Å². The van der Waals surface area contributed by atoms with Gasteiger partial charge in [-0.25, -0.2) is 4.39 Å². The van der Waals surface area contributed by atoms with Crippen LogP contribution in [0.1, 0.15) is 30.9 Å². The first kappa shape index (κ1) is 13.9. The van der Waals surface area contributed by atoms with Crippen molar-refractivity contribution in [2.24, 2.45) is 0 Å². The molecule has 0 spiro atoms. The molecule has 2 aromatic carbocycles. The van der Waals surface area contributed by atoms with Crippen LogP contribution in [0.3, 0.4) is 0 Å². The molecule has 0 aliphatic carbocycles. The fourth-order valence-corrected chi connectivity index (χ4v) is 2.10. The van der Waals surface area contributed by atoms with Gasteiger partial charge in [-0.2, -0.15) is 0 Å². The molecule has 19 heavy (non-hydrogen) atoms. The van der Waals surface area contributed by atoms with Gasteiger partial charge in [-0.05, 0) is 35.2 Å². The van der Waals surface area contributed by atoms with Crippen molar-refractivity contribution < 1.29 is 4.39 Å². The van der Waals surface area contributed by atoms with E-state index in [2.05, 4.69) is 43.4 Å². The summed E-state index contributed by atoms with van der Waals surface area (Å²) >= 11 is 5.81. The van der Waals surface area contributed by atoms with Crippen molar-refractivity contribution in [1.29, 1.82) is 0 Å². The Morgan fingerprint density at radius 2 is 1.79 bits per heavy atom. The number of halogens is 2. The predicted molar refractivity (Wildman–Crippen MR) is 79.3 cm³/mol. The summed E-state index contributed by atoms with van der Waals surface area (Å²) in [5, 5.41) is 3.57. The van der Waals surface area contributed by atoms with Gasteiger partial charge in [0.05, 0.1) is 0 Å². The van der Waals surface area contributed by atoms with Gasteiger partial charge in [-0.3, -0.25) is 0 Å². The predicted octanol–water partition coefficient (Wildman–Crippen LogP) is 5.21. The molecule has 0 saturated carbocycles. The van der Waals surface area contributed by atoms with Crippen molar-refractivity contribution in [2.75, 3.05) is 5.32 Å². The van der Waals surface area contributed by atoms with Gasteiger partial charge >= 0.3 is 0 Å². The van der Waals surface area contributed by atoms with Gasteiger partial charge in [0, 0.05) is 17.3 Å². The molecule has 0 unspecified atom stereocenters. The Morgan fingerprint density at radius 3 is 2.37 bits per heavy atom. The number of nitrogens with one attached hydrogen (secondary N) is 1. The summed E-state index contributed by atoms with van der Waals surface area (Å²) in [6.07, 6.45) is 0. The van der Waals surface area contributed by atoms with E-state index in [0.717, 1.165) is 5.56 Å². The molecule has 0 fully saturated rings. The van der Waals surface area contributed by atoms with E-state index in [4.69, 9.17) is 11.6 Å². The molecule has 0 amide bonds. The molecule has 0 aliphatic rings. The molecule has 0 bridgehead atoms. The molecule has 1 N–H and O–H groups in total. The van der Waals surface area contributed by atoms with E-state index in [1.54, 1.807) is 6.07 Å². The minimum absolute atomic E-state index is 0.329. The lowest BCUT2D eigenvalue weighted by atomic mass is 10.0. The molecule has 3 heteroatoms. The van der Waals surface area contributed by atoms with Crippen molar-refractivity contribution >= 4 is 17.3 Å². The Kier molecular flexibility index (Phi) is 4.43. The highest BCUT2D eigenvalue weighted by Gasteiger charge is 2.01. The second kappa shape index (κ2) is 6.07. The van der Waals surface area contributed by atoms with Gasteiger partial charge in [0.15, 0.2) is 0 Å². The van der Waals surface area contributed by atoms with Gasteiger partial charge in [-0.15, -0.1) is 0 Å². The van der Waals surface area contributed by atoms with Crippen molar-refractivity contribution in [1.82, 2.24) is 0 Å². The van der Waals surface area contributed by atoms with Crippen molar-refractivity contribution in [3.05, 3.63) is 64.4 Å². The minimum Gasteiger partial charge on any atom is -0.381 e. The first-order valence-electron chi connectivity index (χ1n) is 6.33. The molecule has 2 rings (SSSR count). The zero-order valence-corrected chi connectivity index (χ0v) is 11.8. The van der Waals surface area contributed by atoms with E-state index in [-0.39, 0.29) is 5.82 Å². The maximum atomic E-state index is 13.2. The molecule has 100 valence electrons. The summed E-state index contributed by atoms with van der Waals surface area (Å²) in [6, 6.07) is 12.9. The van der Waals surface area contributed by atoms with Crippen molar-refractivity contribution in [2.45, 2.75) is 26.3 Å². The zero-order valence-electron chi connectivity index (χ0n) is 11.1. The van der Waals surface area contributed by atoms with Crippen LogP contribution < -0.4 is 5.32 Å². The van der Waals surface area contributed by atoms with Crippen LogP contribution >= 0.6 is 11.6 Å². The normalized spacial score (nSPS) is 10.8. The fraction of sp³-hybridized carbons (Fsp3) is 0.250. The molecule has 1 nitrogen and oxygen atoms in total. The summed E-state index contributed by atoms with van der Waals surface area (Å²) in [6.45, 7) is 4.99. The molecule has 0 aliphatic heterocycles. The van der Waals surface area contributed by atoms with Crippen LogP contribution in [0, 0.1) is 5.82 Å². The molecule has 2 aromatic rings. The highest BCUT2D eigenvalue weighted by Crippen LogP contribution is 2.19. The van der Waals surface area contributed by atoms with Crippen LogP contribution in [0.15, 0.2) is 42.5 Å². The van der Waals surface area contributed by atoms with Gasteiger partial charge in [0.2, 0.25) is 0 Å². The number of rotatable bonds is 4. The second-order valence-electron chi connectivity index (χ2n) is 4.91. The zero-order chi connectivity index (χ0) is 13.8. The Morgan fingerprint density at radius 1 is 1.11 bits per heavy atom. The summed E-state index contributed by atoms with van der Waals surface area (Å²) in [5.41, 5.74) is 3.17. The molecular weight excluding hydrogens is 261 g/mol. The van der Waals surface area contributed by atoms with E-state index >= 15 is 0 Å². The van der Waals surface area contributed by atoms with E-state index in [1.807, 2.05) is 0 Å². The average Bonchev–Trinajstić information content (AvgIpc) is 2.36. The molecular formula is C16H17ClFN. The topological polar surface area (TPSA) is 12.0 Å². The Labute approximate surface area is 118 Å². The van der Waals surface area contributed by atoms with Gasteiger partial charge in [0.1, 0.15) is 5.82 Å². The van der Waals surface area contributed by atoms with Crippen LogP contribution in [0.5, 0.6) is 0 Å². The maximum Gasteiger partial charge on any atom is 0.126 e. The fourth-order valence-electron chi connectivity index (χ4n) is 1.88. The van der Waals surface area contributed by atoms with Crippen LogP contribution in [-0.2, 0) is 6.54 Å². The van der Waals surface area contributed by atoms with Crippen molar-refractivity contribution in [3.63, 3.8) is 0 Å². The van der Waals surface area contributed by atoms with Crippen molar-refractivity contribution in [3.8, 4) is 0 Å². The summed E-state index contributed by atoms with van der Waals surface area (Å²) < 4.78 is 13.2. The minimum atomic E-state index is -0.329. The highest BCUT2D eigenvalue weighted by molar-refractivity contribution is 6.30. The summed E-state index contributed by atoms with van der Waals surface area (Å²) in [7, 11) is 0. The smallest absolute Gasteiger partial charge is 0.126 e. The Bertz CT molecular complexity index is 529. The van der Waals surface area contributed by atoms with Gasteiger partial charge in [0.25, 0.3) is 0 Å². The first-order valence-corrected chi connectivity index (χ1v) is 6.71. The Hall–Kier alpha value is -1.54. The summed E-state index contributed by atoms with van der Waals surface area (Å²) in [4.78, 5) is 0. The monoisotopic (exact) mass is 277 g/mol. The van der Waals surface area contributed by atoms with Crippen LogP contribution in [0.25, 0.3) is 0 Å². The lowest BCUT2D eigenvalue weighted by molar-refractivity contribution is 0.628.